The molecule has 1 aliphatic heterocycles. The number of rotatable bonds is 4. The first-order valence-corrected chi connectivity index (χ1v) is 11.9. The molecule has 4 rings (SSSR count). The van der Waals surface area contributed by atoms with Crippen LogP contribution in [0, 0.1) is 0 Å². The van der Waals surface area contributed by atoms with Gasteiger partial charge in [0.25, 0.3) is 0 Å². The minimum atomic E-state index is -1.04. The standard InChI is InChI=1S/C27H33N3O4/c1-16(2)23-20-14-18(17-9-12-30(13-10-17)26(33)34-27(3,4)5)6-7-21(20)29-24(23)19-8-11-28-22(15-19)25(31)32/h6-8,11,14-17,29H,9-10,12-13H2,1-5H3,(H,31,32). The highest BCUT2D eigenvalue weighted by atomic mass is 16.6. The number of nitrogens with zero attached hydrogens (tertiary/aromatic N) is 2. The number of aromatic amines is 1. The van der Waals surface area contributed by atoms with Crippen molar-refractivity contribution >= 4 is 23.0 Å². The largest absolute Gasteiger partial charge is 0.477 e. The zero-order valence-electron chi connectivity index (χ0n) is 20.5. The summed E-state index contributed by atoms with van der Waals surface area (Å²) in [7, 11) is 0. The van der Waals surface area contributed by atoms with Gasteiger partial charge in [0, 0.05) is 35.8 Å². The Morgan fingerprint density at radius 2 is 1.85 bits per heavy atom. The molecule has 34 heavy (non-hydrogen) atoms. The molecule has 1 aromatic carbocycles. The highest BCUT2D eigenvalue weighted by molar-refractivity contribution is 5.93. The number of ether oxygens (including phenoxy) is 1. The van der Waals surface area contributed by atoms with Crippen LogP contribution >= 0.6 is 0 Å². The molecule has 0 saturated carbocycles. The molecule has 1 fully saturated rings. The van der Waals surface area contributed by atoms with E-state index in [1.807, 2.05) is 26.8 Å². The zero-order chi connectivity index (χ0) is 24.6. The van der Waals surface area contributed by atoms with Crippen LogP contribution in [0.15, 0.2) is 36.5 Å². The lowest BCUT2D eigenvalue weighted by atomic mass is 9.87. The van der Waals surface area contributed by atoms with Crippen LogP contribution in [0.3, 0.4) is 0 Å². The number of H-pyrrole nitrogens is 1. The molecule has 1 amide bonds. The van der Waals surface area contributed by atoms with Crippen molar-refractivity contribution in [1.82, 2.24) is 14.9 Å². The fraction of sp³-hybridized carbons (Fsp3) is 0.444. The highest BCUT2D eigenvalue weighted by Gasteiger charge is 2.28. The van der Waals surface area contributed by atoms with Crippen molar-refractivity contribution in [3.8, 4) is 11.3 Å². The summed E-state index contributed by atoms with van der Waals surface area (Å²) in [6.45, 7) is 11.3. The Labute approximate surface area is 200 Å². The average Bonchev–Trinajstić information content (AvgIpc) is 3.17. The predicted octanol–water partition coefficient (Wildman–Crippen LogP) is 6.17. The van der Waals surface area contributed by atoms with Gasteiger partial charge < -0.3 is 19.7 Å². The van der Waals surface area contributed by atoms with E-state index in [0.717, 1.165) is 35.0 Å². The van der Waals surface area contributed by atoms with Gasteiger partial charge in [-0.3, -0.25) is 0 Å². The smallest absolute Gasteiger partial charge is 0.410 e. The van der Waals surface area contributed by atoms with Crippen LogP contribution in [0.5, 0.6) is 0 Å². The van der Waals surface area contributed by atoms with E-state index in [9.17, 15) is 14.7 Å². The summed E-state index contributed by atoms with van der Waals surface area (Å²) in [6.07, 6.45) is 3.09. The van der Waals surface area contributed by atoms with E-state index in [4.69, 9.17) is 4.74 Å². The minimum absolute atomic E-state index is 0.0308. The van der Waals surface area contributed by atoms with Crippen LogP contribution < -0.4 is 0 Å². The molecule has 7 heteroatoms. The second kappa shape index (κ2) is 9.12. The zero-order valence-corrected chi connectivity index (χ0v) is 20.5. The molecular formula is C27H33N3O4. The maximum Gasteiger partial charge on any atom is 0.410 e. The molecule has 1 aliphatic rings. The lowest BCUT2D eigenvalue weighted by Crippen LogP contribution is -2.41. The van der Waals surface area contributed by atoms with Gasteiger partial charge in [0.15, 0.2) is 0 Å². The Kier molecular flexibility index (Phi) is 6.39. The number of aromatic carboxylic acids is 1. The number of pyridine rings is 1. The van der Waals surface area contributed by atoms with Crippen LogP contribution in [-0.4, -0.2) is 50.7 Å². The Morgan fingerprint density at radius 1 is 1.15 bits per heavy atom. The minimum Gasteiger partial charge on any atom is -0.477 e. The number of hydrogen-bond acceptors (Lipinski definition) is 4. The number of likely N-dealkylation sites (tertiary alicyclic amines) is 1. The van der Waals surface area contributed by atoms with E-state index in [2.05, 4.69) is 42.0 Å². The van der Waals surface area contributed by atoms with E-state index < -0.39 is 11.6 Å². The molecule has 2 N–H and O–H groups in total. The van der Waals surface area contributed by atoms with Crippen LogP contribution in [0.25, 0.3) is 22.2 Å². The summed E-state index contributed by atoms with van der Waals surface area (Å²) >= 11 is 0. The van der Waals surface area contributed by atoms with Crippen molar-refractivity contribution in [2.24, 2.45) is 0 Å². The first-order chi connectivity index (χ1) is 16.0. The molecule has 0 aliphatic carbocycles. The number of carbonyl (C=O) groups is 2. The van der Waals surface area contributed by atoms with Crippen LogP contribution in [0.4, 0.5) is 4.79 Å². The first-order valence-electron chi connectivity index (χ1n) is 11.9. The number of carbonyl (C=O) groups excluding carboxylic acids is 1. The van der Waals surface area contributed by atoms with E-state index in [1.54, 1.807) is 11.0 Å². The van der Waals surface area contributed by atoms with Gasteiger partial charge in [-0.2, -0.15) is 0 Å². The quantitative estimate of drug-likeness (QED) is 0.483. The lowest BCUT2D eigenvalue weighted by molar-refractivity contribution is 0.0204. The number of nitrogens with one attached hydrogen (secondary N) is 1. The first kappa shape index (κ1) is 23.8. The van der Waals surface area contributed by atoms with Gasteiger partial charge in [-0.25, -0.2) is 14.6 Å². The van der Waals surface area contributed by atoms with Gasteiger partial charge in [-0.05, 0) is 80.8 Å². The third-order valence-corrected chi connectivity index (χ3v) is 6.33. The average molecular weight is 464 g/mol. The number of carboxylic acids is 1. The van der Waals surface area contributed by atoms with Crippen molar-refractivity contribution in [1.29, 1.82) is 0 Å². The third kappa shape index (κ3) is 4.93. The predicted molar refractivity (Wildman–Crippen MR) is 132 cm³/mol. The van der Waals surface area contributed by atoms with Gasteiger partial charge in [0.05, 0.1) is 5.69 Å². The summed E-state index contributed by atoms with van der Waals surface area (Å²) < 4.78 is 5.53. The second-order valence-electron chi connectivity index (χ2n) is 10.3. The SMILES string of the molecule is CC(C)c1c(-c2ccnc(C(=O)O)c2)[nH]c2ccc(C3CCN(C(=O)OC(C)(C)C)CC3)cc12. The Hall–Kier alpha value is -3.35. The molecule has 1 saturated heterocycles. The summed E-state index contributed by atoms with van der Waals surface area (Å²) in [6, 6.07) is 10.00. The molecule has 3 aromatic rings. The summed E-state index contributed by atoms with van der Waals surface area (Å²) in [5, 5.41) is 10.5. The summed E-state index contributed by atoms with van der Waals surface area (Å²) in [5.41, 5.74) is 4.77. The number of amides is 1. The van der Waals surface area contributed by atoms with Gasteiger partial charge in [-0.15, -0.1) is 0 Å². The number of aromatic nitrogens is 2. The molecule has 0 spiro atoms. The molecular weight excluding hydrogens is 430 g/mol. The van der Waals surface area contributed by atoms with Gasteiger partial charge in [0.2, 0.25) is 0 Å². The Balaban J connectivity index is 1.61. The monoisotopic (exact) mass is 463 g/mol. The molecule has 3 heterocycles. The van der Waals surface area contributed by atoms with Crippen molar-refractivity contribution in [2.45, 2.75) is 64.9 Å². The maximum absolute atomic E-state index is 12.4. The van der Waals surface area contributed by atoms with Crippen molar-refractivity contribution in [3.63, 3.8) is 0 Å². The summed E-state index contributed by atoms with van der Waals surface area (Å²) in [5.74, 6) is -0.417. The molecule has 7 nitrogen and oxygen atoms in total. The Bertz CT molecular complexity index is 1210. The fourth-order valence-corrected chi connectivity index (χ4v) is 4.74. The fourth-order valence-electron chi connectivity index (χ4n) is 4.74. The van der Waals surface area contributed by atoms with Crippen molar-refractivity contribution in [2.75, 3.05) is 13.1 Å². The van der Waals surface area contributed by atoms with E-state index >= 15 is 0 Å². The van der Waals surface area contributed by atoms with Gasteiger partial charge in [0.1, 0.15) is 11.3 Å². The molecule has 0 atom stereocenters. The van der Waals surface area contributed by atoms with Crippen molar-refractivity contribution < 1.29 is 19.4 Å². The molecule has 2 aromatic heterocycles. The molecule has 0 bridgehead atoms. The van der Waals surface area contributed by atoms with E-state index in [-0.39, 0.29) is 17.7 Å². The summed E-state index contributed by atoms with van der Waals surface area (Å²) in [4.78, 5) is 33.1. The van der Waals surface area contributed by atoms with E-state index in [1.165, 1.54) is 17.3 Å². The second-order valence-corrected chi connectivity index (χ2v) is 10.3. The van der Waals surface area contributed by atoms with E-state index in [0.29, 0.717) is 19.0 Å². The van der Waals surface area contributed by atoms with Crippen LogP contribution in [0.1, 0.15) is 80.9 Å². The lowest BCUT2D eigenvalue weighted by Gasteiger charge is -2.33. The topological polar surface area (TPSA) is 95.5 Å². The number of carboxylic acid groups (broad SMARTS) is 1. The number of piperidine rings is 1. The Morgan fingerprint density at radius 3 is 2.47 bits per heavy atom. The van der Waals surface area contributed by atoms with Crippen molar-refractivity contribution in [3.05, 3.63) is 53.3 Å². The maximum atomic E-state index is 12.4. The number of benzene rings is 1. The third-order valence-electron chi connectivity index (χ3n) is 6.33. The molecule has 0 unspecified atom stereocenters. The molecule has 0 radical (unpaired) electrons. The highest BCUT2D eigenvalue weighted by Crippen LogP contribution is 2.38. The van der Waals surface area contributed by atoms with Crippen LogP contribution in [0.2, 0.25) is 0 Å². The van der Waals surface area contributed by atoms with Crippen LogP contribution in [-0.2, 0) is 4.74 Å². The van der Waals surface area contributed by atoms with Gasteiger partial charge >= 0.3 is 12.1 Å². The van der Waals surface area contributed by atoms with Gasteiger partial charge in [-0.1, -0.05) is 19.9 Å². The number of fused-ring (bicyclic) bond motifs is 1. The molecule has 180 valence electrons. The normalized spacial score (nSPS) is 15.2. The number of hydrogen-bond donors (Lipinski definition) is 2.